The van der Waals surface area contributed by atoms with Gasteiger partial charge in [-0.05, 0) is 61.0 Å². The molecule has 0 atom stereocenters. The van der Waals surface area contributed by atoms with Crippen LogP contribution < -0.4 is 10.3 Å². The van der Waals surface area contributed by atoms with Gasteiger partial charge in [-0.2, -0.15) is 0 Å². The number of hydrogen-bond donors (Lipinski definition) is 0. The molecule has 5 aromatic rings. The van der Waals surface area contributed by atoms with Crippen LogP contribution in [-0.4, -0.2) is 21.2 Å². The van der Waals surface area contributed by atoms with Crippen molar-refractivity contribution in [3.63, 3.8) is 0 Å². The SMILES string of the molecule is COc1ccc(-c2nc3c(=O)n(-c4ccccc4C)c4cc(Cl)ccc4c3n2C)cc1. The number of imidazole rings is 1. The highest BCUT2D eigenvalue weighted by molar-refractivity contribution is 6.31. The Labute approximate surface area is 184 Å². The zero-order valence-electron chi connectivity index (χ0n) is 17.4. The zero-order valence-corrected chi connectivity index (χ0v) is 18.1. The first kappa shape index (κ1) is 19.4. The van der Waals surface area contributed by atoms with E-state index in [-0.39, 0.29) is 5.56 Å². The smallest absolute Gasteiger partial charge is 0.283 e. The van der Waals surface area contributed by atoms with Crippen molar-refractivity contribution in [3.8, 4) is 22.8 Å². The molecule has 6 heteroatoms. The van der Waals surface area contributed by atoms with Crippen LogP contribution in [0.4, 0.5) is 0 Å². The predicted octanol–water partition coefficient (Wildman–Crippen LogP) is 5.51. The Balaban J connectivity index is 1.91. The fourth-order valence-corrected chi connectivity index (χ4v) is 4.28. The Bertz CT molecular complexity index is 1510. The highest BCUT2D eigenvalue weighted by Crippen LogP contribution is 2.31. The minimum atomic E-state index is -0.172. The van der Waals surface area contributed by atoms with Crippen molar-refractivity contribution in [1.29, 1.82) is 0 Å². The Kier molecular flexibility index (Phi) is 4.56. The van der Waals surface area contributed by atoms with E-state index in [9.17, 15) is 4.79 Å². The first-order valence-electron chi connectivity index (χ1n) is 9.90. The number of methoxy groups -OCH3 is 1. The monoisotopic (exact) mass is 429 g/mol. The molecule has 2 aromatic heterocycles. The van der Waals surface area contributed by atoms with Gasteiger partial charge in [0, 0.05) is 23.0 Å². The third kappa shape index (κ3) is 3.01. The second kappa shape index (κ2) is 7.29. The second-order valence-electron chi connectivity index (χ2n) is 7.51. The number of halogens is 1. The van der Waals surface area contributed by atoms with E-state index < -0.39 is 0 Å². The van der Waals surface area contributed by atoms with Crippen molar-refractivity contribution in [3.05, 3.63) is 87.7 Å². The molecule has 0 aliphatic heterocycles. The van der Waals surface area contributed by atoms with Crippen LogP contribution >= 0.6 is 11.6 Å². The van der Waals surface area contributed by atoms with E-state index in [1.807, 2.05) is 85.3 Å². The normalized spacial score (nSPS) is 11.4. The van der Waals surface area contributed by atoms with Crippen LogP contribution in [0.2, 0.25) is 5.02 Å². The van der Waals surface area contributed by atoms with Gasteiger partial charge in [0.2, 0.25) is 0 Å². The Morgan fingerprint density at radius 1 is 1.00 bits per heavy atom. The quantitative estimate of drug-likeness (QED) is 0.379. The number of benzene rings is 3. The lowest BCUT2D eigenvalue weighted by Gasteiger charge is -2.14. The van der Waals surface area contributed by atoms with Gasteiger partial charge in [-0.25, -0.2) is 4.98 Å². The number of para-hydroxylation sites is 1. The number of aryl methyl sites for hydroxylation is 2. The van der Waals surface area contributed by atoms with E-state index in [4.69, 9.17) is 21.3 Å². The number of pyridine rings is 1. The molecule has 5 rings (SSSR count). The summed E-state index contributed by atoms with van der Waals surface area (Å²) in [5.41, 5.74) is 4.51. The van der Waals surface area contributed by atoms with Crippen LogP contribution in [0.1, 0.15) is 5.56 Å². The first-order chi connectivity index (χ1) is 15.0. The number of ether oxygens (including phenoxy) is 1. The molecule has 0 aliphatic rings. The second-order valence-corrected chi connectivity index (χ2v) is 7.95. The molecule has 0 N–H and O–H groups in total. The van der Waals surface area contributed by atoms with E-state index in [0.717, 1.165) is 39.0 Å². The van der Waals surface area contributed by atoms with Crippen molar-refractivity contribution < 1.29 is 4.74 Å². The summed E-state index contributed by atoms with van der Waals surface area (Å²) in [6, 6.07) is 21.1. The van der Waals surface area contributed by atoms with Crippen LogP contribution in [0.5, 0.6) is 5.75 Å². The van der Waals surface area contributed by atoms with E-state index in [1.165, 1.54) is 0 Å². The minimum absolute atomic E-state index is 0.172. The van der Waals surface area contributed by atoms with Crippen molar-refractivity contribution in [1.82, 2.24) is 14.1 Å². The van der Waals surface area contributed by atoms with Gasteiger partial charge in [0.15, 0.2) is 5.52 Å². The molecule has 2 heterocycles. The van der Waals surface area contributed by atoms with Crippen molar-refractivity contribution in [2.24, 2.45) is 7.05 Å². The topological polar surface area (TPSA) is 49.0 Å². The molecular formula is C25H20ClN3O2. The number of rotatable bonds is 3. The molecule has 0 radical (unpaired) electrons. The van der Waals surface area contributed by atoms with Crippen LogP contribution in [0.3, 0.4) is 0 Å². The molecule has 154 valence electrons. The average molecular weight is 430 g/mol. The standard InChI is InChI=1S/C25H20ClN3O2/c1-15-6-4-5-7-20(15)29-21-14-17(26)10-13-19(21)23-22(25(29)30)27-24(28(23)2)16-8-11-18(31-3)12-9-16/h4-14H,1-3H3. The van der Waals surface area contributed by atoms with Gasteiger partial charge >= 0.3 is 0 Å². The molecule has 3 aromatic carbocycles. The molecule has 0 aliphatic carbocycles. The summed E-state index contributed by atoms with van der Waals surface area (Å²) in [7, 11) is 3.57. The lowest BCUT2D eigenvalue weighted by atomic mass is 10.1. The van der Waals surface area contributed by atoms with Gasteiger partial charge < -0.3 is 9.30 Å². The van der Waals surface area contributed by atoms with Gasteiger partial charge in [0.1, 0.15) is 11.6 Å². The molecule has 5 nitrogen and oxygen atoms in total. The molecule has 0 amide bonds. The lowest BCUT2D eigenvalue weighted by molar-refractivity contribution is 0.415. The van der Waals surface area contributed by atoms with Crippen LogP contribution in [-0.2, 0) is 7.05 Å². The molecule has 0 fully saturated rings. The van der Waals surface area contributed by atoms with Gasteiger partial charge in [0.05, 0.1) is 23.8 Å². The summed E-state index contributed by atoms with van der Waals surface area (Å²) in [5.74, 6) is 1.48. The Hall–Kier alpha value is -3.57. The van der Waals surface area contributed by atoms with E-state index >= 15 is 0 Å². The maximum atomic E-state index is 13.7. The highest BCUT2D eigenvalue weighted by atomic mass is 35.5. The maximum Gasteiger partial charge on any atom is 0.283 e. The minimum Gasteiger partial charge on any atom is -0.497 e. The third-order valence-electron chi connectivity index (χ3n) is 5.66. The Morgan fingerprint density at radius 3 is 2.45 bits per heavy atom. The van der Waals surface area contributed by atoms with Crippen LogP contribution in [0, 0.1) is 6.92 Å². The fourth-order valence-electron chi connectivity index (χ4n) is 4.11. The summed E-state index contributed by atoms with van der Waals surface area (Å²) in [5, 5.41) is 1.49. The molecule has 0 saturated carbocycles. The van der Waals surface area contributed by atoms with Crippen molar-refractivity contribution in [2.75, 3.05) is 7.11 Å². The maximum absolute atomic E-state index is 13.7. The third-order valence-corrected chi connectivity index (χ3v) is 5.90. The fraction of sp³-hybridized carbons (Fsp3) is 0.120. The number of hydrogen-bond acceptors (Lipinski definition) is 3. The molecular weight excluding hydrogens is 410 g/mol. The van der Waals surface area contributed by atoms with Crippen LogP contribution in [0.25, 0.3) is 39.0 Å². The summed E-state index contributed by atoms with van der Waals surface area (Å²) in [6.45, 7) is 1.99. The average Bonchev–Trinajstić information content (AvgIpc) is 3.13. The summed E-state index contributed by atoms with van der Waals surface area (Å²) >= 11 is 6.34. The molecule has 0 unspecified atom stereocenters. The van der Waals surface area contributed by atoms with Gasteiger partial charge in [-0.1, -0.05) is 29.8 Å². The van der Waals surface area contributed by atoms with E-state index in [2.05, 4.69) is 0 Å². The van der Waals surface area contributed by atoms with Gasteiger partial charge in [-0.15, -0.1) is 0 Å². The first-order valence-corrected chi connectivity index (χ1v) is 10.3. The molecule has 0 bridgehead atoms. The number of fused-ring (bicyclic) bond motifs is 3. The van der Waals surface area contributed by atoms with Gasteiger partial charge in [-0.3, -0.25) is 9.36 Å². The van der Waals surface area contributed by atoms with Crippen molar-refractivity contribution >= 4 is 33.5 Å². The molecule has 0 saturated heterocycles. The zero-order chi connectivity index (χ0) is 21.7. The summed E-state index contributed by atoms with van der Waals surface area (Å²) in [6.07, 6.45) is 0. The Morgan fingerprint density at radius 2 is 1.74 bits per heavy atom. The number of aromatic nitrogens is 3. The van der Waals surface area contributed by atoms with Crippen molar-refractivity contribution in [2.45, 2.75) is 6.92 Å². The highest BCUT2D eigenvalue weighted by Gasteiger charge is 2.20. The van der Waals surface area contributed by atoms with E-state index in [0.29, 0.717) is 16.4 Å². The molecule has 31 heavy (non-hydrogen) atoms. The largest absolute Gasteiger partial charge is 0.497 e. The van der Waals surface area contributed by atoms with Crippen LogP contribution in [0.15, 0.2) is 71.5 Å². The lowest BCUT2D eigenvalue weighted by Crippen LogP contribution is -2.20. The number of nitrogens with zero attached hydrogens (tertiary/aromatic N) is 3. The summed E-state index contributed by atoms with van der Waals surface area (Å²) < 4.78 is 8.95. The summed E-state index contributed by atoms with van der Waals surface area (Å²) in [4.78, 5) is 18.5. The van der Waals surface area contributed by atoms with E-state index in [1.54, 1.807) is 11.7 Å². The predicted molar refractivity (Wildman–Crippen MR) is 126 cm³/mol. The van der Waals surface area contributed by atoms with Gasteiger partial charge in [0.25, 0.3) is 5.56 Å². The molecule has 0 spiro atoms.